The van der Waals surface area contributed by atoms with E-state index in [1.54, 1.807) is 0 Å². The average molecular weight is 714 g/mol. The Kier molecular flexibility index (Phi) is 16.2. The SMILES string of the molecule is CCN(C)[P+](N1CCCC1)(N1CCCC1)N1CCCC1.CCN(C)[P+](N1CCCC1)(N1CCCC1)N1CCCC1.[Br-].[Cl-]. The highest BCUT2D eigenvalue weighted by Crippen LogP contribution is 2.72. The van der Waals surface area contributed by atoms with Crippen LogP contribution in [-0.2, 0) is 0 Å². The maximum absolute atomic E-state index is 2.90. The maximum atomic E-state index is 2.90. The van der Waals surface area contributed by atoms with Gasteiger partial charge in [0.05, 0.1) is 0 Å². The van der Waals surface area contributed by atoms with Crippen LogP contribution in [0.3, 0.4) is 0 Å². The standard InChI is InChI=1S/2C15H32N4P.BrH.ClH/c2*1-3-16(2)20(17-10-4-5-11-17,18-12-6-7-13-18)19-14-8-9-15-19;;/h2*3-15H2,1-2H3;2*1H/q2*+1;;/p-2. The van der Waals surface area contributed by atoms with E-state index in [0.29, 0.717) is 0 Å². The van der Waals surface area contributed by atoms with Gasteiger partial charge in [0, 0.05) is 106 Å². The minimum atomic E-state index is -1.40. The van der Waals surface area contributed by atoms with Crippen LogP contribution in [0.15, 0.2) is 0 Å². The van der Waals surface area contributed by atoms with Gasteiger partial charge in [0.25, 0.3) is 0 Å². The van der Waals surface area contributed by atoms with Crippen LogP contribution in [0.4, 0.5) is 0 Å². The zero-order valence-electron chi connectivity index (χ0n) is 27.6. The summed E-state index contributed by atoms with van der Waals surface area (Å²) in [7, 11) is 1.99. The monoisotopic (exact) mass is 712 g/mol. The van der Waals surface area contributed by atoms with Crippen LogP contribution in [0, 0.1) is 0 Å². The van der Waals surface area contributed by atoms with Crippen LogP contribution < -0.4 is 29.4 Å². The molecule has 0 bridgehead atoms. The fourth-order valence-corrected chi connectivity index (χ4v) is 19.0. The zero-order chi connectivity index (χ0) is 28.0. The first-order valence-corrected chi connectivity index (χ1v) is 20.5. The lowest BCUT2D eigenvalue weighted by molar-refractivity contribution is -0.001000. The van der Waals surface area contributed by atoms with Crippen LogP contribution in [-0.4, -0.2) is 143 Å². The van der Waals surface area contributed by atoms with Gasteiger partial charge in [0.1, 0.15) is 0 Å². The third-order valence-electron chi connectivity index (χ3n) is 10.6. The summed E-state index contributed by atoms with van der Waals surface area (Å²) in [5.41, 5.74) is 0. The molecule has 0 radical (unpaired) electrons. The van der Waals surface area contributed by atoms with E-state index in [4.69, 9.17) is 0 Å². The highest BCUT2D eigenvalue weighted by atomic mass is 79.9. The summed E-state index contributed by atoms with van der Waals surface area (Å²) < 4.78 is 22.8. The molecule has 6 saturated heterocycles. The van der Waals surface area contributed by atoms with E-state index in [1.165, 1.54) is 169 Å². The van der Waals surface area contributed by atoms with E-state index in [9.17, 15) is 0 Å². The van der Waals surface area contributed by atoms with Crippen LogP contribution in [0.2, 0.25) is 0 Å². The second-order valence-corrected chi connectivity index (χ2v) is 19.9. The fraction of sp³-hybridized carbons (Fsp3) is 1.00. The van der Waals surface area contributed by atoms with Crippen LogP contribution >= 0.6 is 15.7 Å². The van der Waals surface area contributed by atoms with Crippen molar-refractivity contribution in [1.82, 2.24) is 37.4 Å². The van der Waals surface area contributed by atoms with Crippen molar-refractivity contribution in [3.63, 3.8) is 0 Å². The third kappa shape index (κ3) is 7.39. The molecule has 6 heterocycles. The minimum Gasteiger partial charge on any atom is -1.00 e. The molecule has 6 fully saturated rings. The highest BCUT2D eigenvalue weighted by Gasteiger charge is 2.62. The molecular formula is C30H64BrClN8P2. The van der Waals surface area contributed by atoms with Gasteiger partial charge in [-0.25, -0.2) is 0 Å². The summed E-state index contributed by atoms with van der Waals surface area (Å²) in [4.78, 5) is 0. The molecule has 0 unspecified atom stereocenters. The van der Waals surface area contributed by atoms with Crippen molar-refractivity contribution in [2.45, 2.75) is 90.9 Å². The van der Waals surface area contributed by atoms with Gasteiger partial charge in [-0.05, 0) is 90.9 Å². The van der Waals surface area contributed by atoms with Crippen molar-refractivity contribution >= 4 is 15.7 Å². The first-order valence-electron chi connectivity index (χ1n) is 17.3. The Morgan fingerprint density at radius 2 is 0.524 bits per heavy atom. The summed E-state index contributed by atoms with van der Waals surface area (Å²) in [6.45, 7) is 22.9. The second kappa shape index (κ2) is 18.0. The van der Waals surface area contributed by atoms with E-state index in [2.05, 4.69) is 65.3 Å². The molecule has 6 rings (SSSR count). The molecular weight excluding hydrogens is 650 g/mol. The first-order chi connectivity index (χ1) is 19.6. The van der Waals surface area contributed by atoms with E-state index >= 15 is 0 Å². The molecule has 6 aliphatic rings. The van der Waals surface area contributed by atoms with E-state index in [-0.39, 0.29) is 29.4 Å². The number of halogens is 2. The summed E-state index contributed by atoms with van der Waals surface area (Å²) in [5.74, 6) is 0. The predicted octanol–water partition coefficient (Wildman–Crippen LogP) is -0.186. The molecule has 42 heavy (non-hydrogen) atoms. The smallest absolute Gasteiger partial charge is 0.308 e. The number of nitrogens with zero attached hydrogens (tertiary/aromatic N) is 8. The van der Waals surface area contributed by atoms with Gasteiger partial charge in [-0.1, -0.05) is 0 Å². The number of hydrogen-bond donors (Lipinski definition) is 0. The maximum Gasteiger partial charge on any atom is 0.308 e. The Hall–Kier alpha value is 1.31. The van der Waals surface area contributed by atoms with E-state index in [1.807, 2.05) is 0 Å². The molecule has 6 aliphatic heterocycles. The number of rotatable bonds is 10. The molecule has 0 amide bonds. The summed E-state index contributed by atoms with van der Waals surface area (Å²) >= 11 is 0. The molecule has 0 aliphatic carbocycles. The lowest BCUT2D eigenvalue weighted by Crippen LogP contribution is -3.00. The summed E-state index contributed by atoms with van der Waals surface area (Å²) in [5, 5.41) is 0. The van der Waals surface area contributed by atoms with Gasteiger partial charge < -0.3 is 29.4 Å². The molecule has 0 aromatic heterocycles. The molecule has 248 valence electrons. The van der Waals surface area contributed by atoms with Gasteiger partial charge in [0.2, 0.25) is 0 Å². The lowest BCUT2D eigenvalue weighted by atomic mass is 10.4. The van der Waals surface area contributed by atoms with Gasteiger partial charge in [0.15, 0.2) is 0 Å². The normalized spacial score (nSPS) is 25.9. The molecule has 0 spiro atoms. The second-order valence-electron chi connectivity index (χ2n) is 13.0. The first kappa shape index (κ1) is 37.8. The number of hydrogen-bond acceptors (Lipinski definition) is 8. The van der Waals surface area contributed by atoms with Crippen molar-refractivity contribution < 1.29 is 29.4 Å². The van der Waals surface area contributed by atoms with Gasteiger partial charge in [-0.2, -0.15) is 0 Å². The summed E-state index contributed by atoms with van der Waals surface area (Å²) in [6.07, 6.45) is 16.8. The molecule has 8 nitrogen and oxygen atoms in total. The van der Waals surface area contributed by atoms with Crippen LogP contribution in [0.5, 0.6) is 0 Å². The summed E-state index contributed by atoms with van der Waals surface area (Å²) in [6, 6.07) is 0. The van der Waals surface area contributed by atoms with Crippen molar-refractivity contribution in [2.24, 2.45) is 0 Å². The van der Waals surface area contributed by atoms with Gasteiger partial charge >= 0.3 is 15.7 Å². The van der Waals surface area contributed by atoms with Crippen LogP contribution in [0.1, 0.15) is 90.9 Å². The Balaban J connectivity index is 0.000000220. The lowest BCUT2D eigenvalue weighted by Gasteiger charge is -2.47. The molecule has 0 aromatic carbocycles. The molecule has 12 heteroatoms. The zero-order valence-corrected chi connectivity index (χ0v) is 31.7. The Bertz CT molecular complexity index is 608. The average Bonchev–Trinajstić information content (AvgIpc) is 3.84. The molecule has 0 atom stereocenters. The van der Waals surface area contributed by atoms with Crippen molar-refractivity contribution in [1.29, 1.82) is 0 Å². The predicted molar refractivity (Wildman–Crippen MR) is 175 cm³/mol. The Morgan fingerprint density at radius 1 is 0.381 bits per heavy atom. The van der Waals surface area contributed by atoms with Crippen molar-refractivity contribution in [2.75, 3.05) is 106 Å². The molecule has 0 aromatic rings. The van der Waals surface area contributed by atoms with Gasteiger partial charge in [-0.15, -0.1) is 37.4 Å². The van der Waals surface area contributed by atoms with Crippen molar-refractivity contribution in [3.8, 4) is 0 Å². The van der Waals surface area contributed by atoms with E-state index < -0.39 is 15.7 Å². The minimum absolute atomic E-state index is 0. The third-order valence-corrected chi connectivity index (χ3v) is 20.0. The quantitative estimate of drug-likeness (QED) is 0.288. The topological polar surface area (TPSA) is 25.9 Å². The molecule has 0 N–H and O–H groups in total. The Labute approximate surface area is 278 Å². The Morgan fingerprint density at radius 3 is 0.643 bits per heavy atom. The largest absolute Gasteiger partial charge is 1.00 e. The van der Waals surface area contributed by atoms with Gasteiger partial charge in [-0.3, -0.25) is 0 Å². The van der Waals surface area contributed by atoms with E-state index in [0.717, 1.165) is 0 Å². The van der Waals surface area contributed by atoms with Crippen LogP contribution in [0.25, 0.3) is 0 Å². The fourth-order valence-electron chi connectivity index (χ4n) is 8.56. The molecule has 0 saturated carbocycles. The highest BCUT2D eigenvalue weighted by molar-refractivity contribution is 7.67. The van der Waals surface area contributed by atoms with Crippen molar-refractivity contribution in [3.05, 3.63) is 0 Å².